The van der Waals surface area contributed by atoms with Crippen LogP contribution < -0.4 is 9.80 Å². The van der Waals surface area contributed by atoms with E-state index in [9.17, 15) is 19.5 Å². The minimum absolute atomic E-state index is 0.160. The fraction of sp³-hybridized carbons (Fsp3) is 0.606. The summed E-state index contributed by atoms with van der Waals surface area (Å²) in [5.41, 5.74) is 0.518. The Balaban J connectivity index is 1.82. The van der Waals surface area contributed by atoms with Crippen molar-refractivity contribution in [3.8, 4) is 0 Å². The van der Waals surface area contributed by atoms with Gasteiger partial charge < -0.3 is 29.4 Å². The number of fused-ring (bicyclic) bond motifs is 1. The van der Waals surface area contributed by atoms with Crippen molar-refractivity contribution in [2.45, 2.75) is 69.2 Å². The molecule has 3 saturated heterocycles. The molecule has 0 aliphatic carbocycles. The van der Waals surface area contributed by atoms with Crippen LogP contribution in [-0.2, 0) is 19.1 Å². The molecule has 3 amide bonds. The van der Waals surface area contributed by atoms with Crippen molar-refractivity contribution in [3.63, 3.8) is 0 Å². The highest BCUT2D eigenvalue weighted by Gasteiger charge is 2.77. The van der Waals surface area contributed by atoms with Crippen molar-refractivity contribution in [2.24, 2.45) is 17.8 Å². The molecular formula is C33H47BrN4O5. The Morgan fingerprint density at radius 1 is 1.12 bits per heavy atom. The first-order chi connectivity index (χ1) is 20.5. The number of rotatable bonds is 14. The van der Waals surface area contributed by atoms with Gasteiger partial charge in [-0.25, -0.2) is 0 Å². The number of amides is 3. The Labute approximate surface area is 264 Å². The number of benzene rings is 1. The molecule has 0 aromatic heterocycles. The van der Waals surface area contributed by atoms with Gasteiger partial charge in [0, 0.05) is 49.4 Å². The van der Waals surface area contributed by atoms with Gasteiger partial charge >= 0.3 is 0 Å². The molecule has 9 nitrogen and oxygen atoms in total. The van der Waals surface area contributed by atoms with Crippen LogP contribution >= 0.6 is 15.9 Å². The number of aliphatic hydroxyl groups is 1. The highest BCUT2D eigenvalue weighted by atomic mass is 79.9. The number of likely N-dealkylation sites (N-methyl/N-ethyl adjacent to an activating group) is 1. The third-order valence-corrected chi connectivity index (χ3v) is 10.1. The second-order valence-corrected chi connectivity index (χ2v) is 13.5. The van der Waals surface area contributed by atoms with E-state index in [1.54, 1.807) is 33.9 Å². The Morgan fingerprint density at radius 3 is 2.26 bits per heavy atom. The summed E-state index contributed by atoms with van der Waals surface area (Å²) in [6.07, 6.45) is 3.67. The Hall–Kier alpha value is -2.69. The molecular weight excluding hydrogens is 612 g/mol. The molecule has 10 heteroatoms. The number of carbonyl (C=O) groups excluding carboxylic acids is 3. The van der Waals surface area contributed by atoms with E-state index in [0.29, 0.717) is 25.1 Å². The van der Waals surface area contributed by atoms with E-state index < -0.39 is 35.6 Å². The number of hydrogen-bond acceptors (Lipinski definition) is 6. The first-order valence-corrected chi connectivity index (χ1v) is 16.3. The number of hydrogen-bond donors (Lipinski definition) is 1. The maximum Gasteiger partial charge on any atom is 0.253 e. The molecule has 3 aliphatic heterocycles. The number of aliphatic hydroxyl groups excluding tert-OH is 1. The van der Waals surface area contributed by atoms with Gasteiger partial charge in [-0.15, -0.1) is 13.2 Å². The predicted octanol–water partition coefficient (Wildman–Crippen LogP) is 3.85. The highest BCUT2D eigenvalue weighted by Crippen LogP contribution is 2.61. The zero-order chi connectivity index (χ0) is 31.6. The normalized spacial score (nSPS) is 28.1. The molecule has 1 aromatic carbocycles. The van der Waals surface area contributed by atoms with Crippen molar-refractivity contribution in [2.75, 3.05) is 49.6 Å². The summed E-state index contributed by atoms with van der Waals surface area (Å²) in [5, 5.41) is 10.6. The lowest BCUT2D eigenvalue weighted by Gasteiger charge is -2.40. The fourth-order valence-electron chi connectivity index (χ4n) is 7.41. The quantitative estimate of drug-likeness (QED) is 0.241. The lowest BCUT2D eigenvalue weighted by molar-refractivity contribution is -0.147. The molecule has 3 unspecified atom stereocenters. The van der Waals surface area contributed by atoms with Crippen LogP contribution in [0.1, 0.15) is 40.5 Å². The summed E-state index contributed by atoms with van der Waals surface area (Å²) in [7, 11) is 1.69. The summed E-state index contributed by atoms with van der Waals surface area (Å²) < 4.78 is 6.69. The number of likely N-dealkylation sites (tertiary alicyclic amines) is 1. The monoisotopic (exact) mass is 658 g/mol. The maximum absolute atomic E-state index is 14.9. The van der Waals surface area contributed by atoms with Gasteiger partial charge in [-0.3, -0.25) is 14.4 Å². The summed E-state index contributed by atoms with van der Waals surface area (Å²) in [4.78, 5) is 49.9. The topological polar surface area (TPSA) is 93.6 Å². The smallest absolute Gasteiger partial charge is 0.253 e. The van der Waals surface area contributed by atoms with Crippen LogP contribution in [0.25, 0.3) is 0 Å². The molecule has 1 spiro atoms. The lowest BCUT2D eigenvalue weighted by atomic mass is 9.70. The maximum atomic E-state index is 14.9. The SMILES string of the molecule is C=CCN(C)C(=O)[C@H]1[C@H]2C(=O)N([C@@H](CO)CC(C)C)C(C(=O)N(CC=C)c3ccc(N(CC)CC)cc3)C23CC(Br)[C@@H]1O3. The molecule has 1 N–H and O–H groups in total. The van der Waals surface area contributed by atoms with Crippen molar-refractivity contribution >= 4 is 45.0 Å². The van der Waals surface area contributed by atoms with Gasteiger partial charge in [0.1, 0.15) is 11.6 Å². The number of carbonyl (C=O) groups is 3. The summed E-state index contributed by atoms with van der Waals surface area (Å²) in [5.74, 6) is -2.25. The molecule has 2 bridgehead atoms. The van der Waals surface area contributed by atoms with Crippen molar-refractivity contribution < 1.29 is 24.2 Å². The zero-order valence-electron chi connectivity index (χ0n) is 26.1. The zero-order valence-corrected chi connectivity index (χ0v) is 27.7. The highest BCUT2D eigenvalue weighted by molar-refractivity contribution is 9.09. The number of nitrogens with zero attached hydrogens (tertiary/aromatic N) is 4. The molecule has 7 atom stereocenters. The summed E-state index contributed by atoms with van der Waals surface area (Å²) >= 11 is 3.74. The van der Waals surface area contributed by atoms with Crippen LogP contribution in [0.4, 0.5) is 11.4 Å². The number of ether oxygens (including phenoxy) is 1. The van der Waals surface area contributed by atoms with Crippen LogP contribution in [-0.4, -0.2) is 101 Å². The van der Waals surface area contributed by atoms with Crippen LogP contribution in [0.2, 0.25) is 0 Å². The molecule has 0 radical (unpaired) electrons. The summed E-state index contributed by atoms with van der Waals surface area (Å²) in [6.45, 7) is 17.9. The predicted molar refractivity (Wildman–Crippen MR) is 173 cm³/mol. The Morgan fingerprint density at radius 2 is 1.72 bits per heavy atom. The third-order valence-electron chi connectivity index (χ3n) is 9.24. The van der Waals surface area contributed by atoms with E-state index in [2.05, 4.69) is 47.8 Å². The summed E-state index contributed by atoms with van der Waals surface area (Å²) in [6, 6.07) is 6.21. The van der Waals surface area contributed by atoms with Crippen molar-refractivity contribution in [3.05, 3.63) is 49.6 Å². The van der Waals surface area contributed by atoms with Gasteiger partial charge in [0.2, 0.25) is 11.8 Å². The molecule has 3 fully saturated rings. The molecule has 3 heterocycles. The molecule has 4 rings (SSSR count). The standard InChI is InChI=1S/C33H47BrN4O5/c1-8-16-35(7)30(40)26-27-31(41)38(24(20-39)18-21(5)6)29(33(27)19-25(34)28(26)43-33)32(42)37(17-9-2)23-14-12-22(13-15-23)36(10-3)11-4/h8-9,12-15,21,24-29,39H,1-2,10-11,16-20H2,3-7H3/t24-,25?,26+,27+,28+,29?,33?/m1/s1. The fourth-order valence-corrected chi connectivity index (χ4v) is 8.35. The minimum Gasteiger partial charge on any atom is -0.394 e. The van der Waals surface area contributed by atoms with Crippen molar-refractivity contribution in [1.29, 1.82) is 0 Å². The van der Waals surface area contributed by atoms with Crippen LogP contribution in [0.5, 0.6) is 0 Å². The molecule has 236 valence electrons. The Kier molecular flexibility index (Phi) is 10.4. The van der Waals surface area contributed by atoms with E-state index in [0.717, 1.165) is 18.8 Å². The second kappa shape index (κ2) is 13.5. The largest absolute Gasteiger partial charge is 0.394 e. The average molecular weight is 660 g/mol. The van der Waals surface area contributed by atoms with Crippen molar-refractivity contribution in [1.82, 2.24) is 9.80 Å². The van der Waals surface area contributed by atoms with Gasteiger partial charge in [0.15, 0.2) is 0 Å². The number of anilines is 2. The van der Waals surface area contributed by atoms with Gasteiger partial charge in [-0.2, -0.15) is 0 Å². The number of alkyl halides is 1. The average Bonchev–Trinajstić information content (AvgIpc) is 3.58. The van der Waals surface area contributed by atoms with Crippen LogP contribution in [0.15, 0.2) is 49.6 Å². The van der Waals surface area contributed by atoms with Gasteiger partial charge in [-0.1, -0.05) is 41.9 Å². The van der Waals surface area contributed by atoms with E-state index in [-0.39, 0.29) is 41.6 Å². The first kappa shape index (κ1) is 33.2. The minimum atomic E-state index is -1.21. The molecule has 43 heavy (non-hydrogen) atoms. The van der Waals surface area contributed by atoms with Gasteiger partial charge in [0.25, 0.3) is 5.91 Å². The van der Waals surface area contributed by atoms with Crippen LogP contribution in [0.3, 0.4) is 0 Å². The van der Waals surface area contributed by atoms with Gasteiger partial charge in [-0.05, 0) is 56.9 Å². The lowest BCUT2D eigenvalue weighted by Crippen LogP contribution is -2.59. The van der Waals surface area contributed by atoms with E-state index in [1.165, 1.54) is 0 Å². The van der Waals surface area contributed by atoms with E-state index in [4.69, 9.17) is 4.74 Å². The third kappa shape index (κ3) is 5.78. The second-order valence-electron chi connectivity index (χ2n) is 12.3. The van der Waals surface area contributed by atoms with E-state index in [1.807, 2.05) is 38.1 Å². The first-order valence-electron chi connectivity index (χ1n) is 15.4. The molecule has 0 saturated carbocycles. The van der Waals surface area contributed by atoms with Crippen LogP contribution in [0, 0.1) is 17.8 Å². The van der Waals surface area contributed by atoms with E-state index >= 15 is 0 Å². The Bertz CT molecular complexity index is 1200. The molecule has 1 aromatic rings. The molecule has 3 aliphatic rings. The van der Waals surface area contributed by atoms with Gasteiger partial charge in [0.05, 0.1) is 30.6 Å². The number of halogens is 1.